The molecule has 2 amide bonds. The highest BCUT2D eigenvalue weighted by Crippen LogP contribution is 2.43. The molecule has 1 aromatic heterocycles. The number of nitrogens with zero attached hydrogens (tertiary/aromatic N) is 1. The third-order valence-electron chi connectivity index (χ3n) is 4.60. The minimum Gasteiger partial charge on any atom is -0.391 e. The molecule has 30 heavy (non-hydrogen) atoms. The molecule has 0 aromatic carbocycles. The average Bonchev–Trinajstić information content (AvgIpc) is 3.43. The average molecular weight is 440 g/mol. The van der Waals surface area contributed by atoms with Gasteiger partial charge in [-0.15, -0.1) is 0 Å². The van der Waals surface area contributed by atoms with E-state index in [2.05, 4.69) is 15.6 Å². The Morgan fingerprint density at radius 2 is 1.87 bits per heavy atom. The second-order valence-corrected chi connectivity index (χ2v) is 11.4. The fourth-order valence-electron chi connectivity index (χ4n) is 3.23. The fraction of sp³-hybridized carbons (Fsp3) is 0.667. The third-order valence-corrected chi connectivity index (χ3v) is 6.62. The number of ether oxygens (including phenoxy) is 1. The van der Waals surface area contributed by atoms with Crippen LogP contribution in [0.1, 0.15) is 65.4 Å². The summed E-state index contributed by atoms with van der Waals surface area (Å²) in [6.45, 7) is 9.53. The van der Waals surface area contributed by atoms with Crippen LogP contribution in [-0.2, 0) is 14.6 Å². The van der Waals surface area contributed by atoms with Crippen molar-refractivity contribution >= 4 is 21.8 Å². The molecule has 0 bridgehead atoms. The van der Waals surface area contributed by atoms with Crippen LogP contribution in [0.3, 0.4) is 0 Å². The lowest BCUT2D eigenvalue weighted by molar-refractivity contribution is -0.123. The molecule has 1 heterocycles. The molecular formula is C21H33N3O5S. The smallest absolute Gasteiger partial charge is 0.391 e. The van der Waals surface area contributed by atoms with Gasteiger partial charge in [0.2, 0.25) is 11.8 Å². The van der Waals surface area contributed by atoms with Crippen LogP contribution in [0.5, 0.6) is 5.88 Å². The summed E-state index contributed by atoms with van der Waals surface area (Å²) in [6, 6.07) is 2.39. The number of carbonyl (C=O) groups is 2. The van der Waals surface area contributed by atoms with Crippen LogP contribution in [0.4, 0.5) is 4.79 Å². The molecule has 2 N–H and O–H groups in total. The summed E-state index contributed by atoms with van der Waals surface area (Å²) in [5.41, 5.74) is 0.478. The number of amides is 2. The summed E-state index contributed by atoms with van der Waals surface area (Å²) in [5.74, 6) is -0.339. The summed E-state index contributed by atoms with van der Waals surface area (Å²) < 4.78 is 30.9. The Bertz CT molecular complexity index is 886. The van der Waals surface area contributed by atoms with Crippen molar-refractivity contribution in [2.45, 2.75) is 70.9 Å². The van der Waals surface area contributed by atoms with E-state index in [0.717, 1.165) is 12.8 Å². The number of likely N-dealkylation sites (N-methyl/N-ethyl adjacent to an activating group) is 1. The Hall–Kier alpha value is -2.16. The molecule has 168 valence electrons. The second-order valence-electron chi connectivity index (χ2n) is 9.46. The summed E-state index contributed by atoms with van der Waals surface area (Å²) in [4.78, 5) is 28.7. The van der Waals surface area contributed by atoms with Crippen LogP contribution in [0, 0.1) is 11.3 Å². The van der Waals surface area contributed by atoms with Crippen molar-refractivity contribution < 1.29 is 22.7 Å². The standard InChI is InChI=1S/C21H33N3O5S/c1-13(2)12-30(27,28)19-15(14-7-8-14)9-10-17(24-19)29-20(26)23-16(18(25)22-6)11-21(3,4)5/h9-10,13-14,16H,7-8,11-12H2,1-6H3,(H,22,25)(H,23,26)/t16-/m0/s1. The number of sulfone groups is 1. The van der Waals surface area contributed by atoms with E-state index < -0.39 is 22.0 Å². The molecular weight excluding hydrogens is 406 g/mol. The first-order valence-electron chi connectivity index (χ1n) is 10.3. The molecule has 2 rings (SSSR count). The normalized spacial score (nSPS) is 15.6. The first-order valence-corrected chi connectivity index (χ1v) is 11.9. The van der Waals surface area contributed by atoms with Crippen LogP contribution >= 0.6 is 0 Å². The van der Waals surface area contributed by atoms with Gasteiger partial charge in [-0.2, -0.15) is 0 Å². The van der Waals surface area contributed by atoms with Gasteiger partial charge in [0.15, 0.2) is 14.9 Å². The van der Waals surface area contributed by atoms with Crippen LogP contribution in [0.25, 0.3) is 0 Å². The summed E-state index contributed by atoms with van der Waals surface area (Å²) in [5, 5.41) is 5.06. The monoisotopic (exact) mass is 439 g/mol. The molecule has 1 saturated carbocycles. The van der Waals surface area contributed by atoms with Crippen LogP contribution < -0.4 is 15.4 Å². The Morgan fingerprint density at radius 1 is 1.23 bits per heavy atom. The summed E-state index contributed by atoms with van der Waals surface area (Å²) >= 11 is 0. The van der Waals surface area contributed by atoms with Gasteiger partial charge in [-0.1, -0.05) is 40.7 Å². The Kier molecular flexibility index (Phi) is 7.49. The highest BCUT2D eigenvalue weighted by molar-refractivity contribution is 7.91. The number of nitrogens with one attached hydrogen (secondary N) is 2. The third kappa shape index (κ3) is 6.97. The number of aromatic nitrogens is 1. The number of pyridine rings is 1. The van der Waals surface area contributed by atoms with E-state index in [1.54, 1.807) is 6.07 Å². The molecule has 0 unspecified atom stereocenters. The van der Waals surface area contributed by atoms with Gasteiger partial charge < -0.3 is 15.4 Å². The van der Waals surface area contributed by atoms with Crippen molar-refractivity contribution in [3.63, 3.8) is 0 Å². The quantitative estimate of drug-likeness (QED) is 0.643. The van der Waals surface area contributed by atoms with E-state index in [4.69, 9.17) is 4.74 Å². The van der Waals surface area contributed by atoms with Crippen LogP contribution in [0.2, 0.25) is 0 Å². The van der Waals surface area contributed by atoms with Crippen molar-refractivity contribution in [3.8, 4) is 5.88 Å². The number of carbonyl (C=O) groups excluding carboxylic acids is 2. The van der Waals surface area contributed by atoms with Gasteiger partial charge in [0.25, 0.3) is 0 Å². The maximum Gasteiger partial charge on any atom is 0.414 e. The highest BCUT2D eigenvalue weighted by atomic mass is 32.2. The molecule has 1 aliphatic carbocycles. The molecule has 1 atom stereocenters. The molecule has 0 spiro atoms. The lowest BCUT2D eigenvalue weighted by Gasteiger charge is -2.25. The molecule has 1 aliphatic rings. The van der Waals surface area contributed by atoms with E-state index in [1.807, 2.05) is 34.6 Å². The van der Waals surface area contributed by atoms with Gasteiger partial charge in [-0.3, -0.25) is 4.79 Å². The van der Waals surface area contributed by atoms with E-state index in [1.165, 1.54) is 13.1 Å². The molecule has 9 heteroatoms. The zero-order valence-corrected chi connectivity index (χ0v) is 19.4. The summed E-state index contributed by atoms with van der Waals surface area (Å²) in [7, 11) is -2.11. The van der Waals surface area contributed by atoms with Gasteiger partial charge >= 0.3 is 6.09 Å². The van der Waals surface area contributed by atoms with Crippen molar-refractivity contribution in [1.29, 1.82) is 0 Å². The van der Waals surface area contributed by atoms with Crippen molar-refractivity contribution in [2.75, 3.05) is 12.8 Å². The first-order chi connectivity index (χ1) is 13.8. The number of rotatable bonds is 8. The Morgan fingerprint density at radius 3 is 2.37 bits per heavy atom. The maximum atomic E-state index is 12.8. The van der Waals surface area contributed by atoms with E-state index in [0.29, 0.717) is 12.0 Å². The molecule has 0 saturated heterocycles. The molecule has 8 nitrogen and oxygen atoms in total. The highest BCUT2D eigenvalue weighted by Gasteiger charge is 2.33. The lowest BCUT2D eigenvalue weighted by Crippen LogP contribution is -2.48. The van der Waals surface area contributed by atoms with E-state index in [-0.39, 0.29) is 39.8 Å². The van der Waals surface area contributed by atoms with E-state index >= 15 is 0 Å². The fourth-order valence-corrected chi connectivity index (χ4v) is 5.08. The minimum absolute atomic E-state index is 0.0125. The maximum absolute atomic E-state index is 12.8. The van der Waals surface area contributed by atoms with Gasteiger partial charge in [0.1, 0.15) is 6.04 Å². The van der Waals surface area contributed by atoms with Crippen molar-refractivity contribution in [1.82, 2.24) is 15.6 Å². The summed E-state index contributed by atoms with van der Waals surface area (Å²) in [6.07, 6.45) is 1.40. The SMILES string of the molecule is CNC(=O)[C@H](CC(C)(C)C)NC(=O)Oc1ccc(C2CC2)c(S(=O)(=O)CC(C)C)n1. The Labute approximate surface area is 179 Å². The predicted molar refractivity (Wildman–Crippen MR) is 114 cm³/mol. The minimum atomic E-state index is -3.60. The predicted octanol–water partition coefficient (Wildman–Crippen LogP) is 3.03. The van der Waals surface area contributed by atoms with Crippen molar-refractivity contribution in [3.05, 3.63) is 17.7 Å². The largest absolute Gasteiger partial charge is 0.414 e. The lowest BCUT2D eigenvalue weighted by atomic mass is 9.88. The van der Waals surface area contributed by atoms with E-state index in [9.17, 15) is 18.0 Å². The molecule has 1 fully saturated rings. The van der Waals surface area contributed by atoms with Gasteiger partial charge in [0, 0.05) is 13.1 Å². The molecule has 0 aliphatic heterocycles. The second kappa shape index (κ2) is 9.32. The van der Waals surface area contributed by atoms with Crippen LogP contribution in [-0.4, -0.2) is 44.2 Å². The molecule has 0 radical (unpaired) electrons. The van der Waals surface area contributed by atoms with Gasteiger partial charge in [0.05, 0.1) is 5.75 Å². The topological polar surface area (TPSA) is 114 Å². The molecule has 1 aromatic rings. The Balaban J connectivity index is 2.22. The zero-order chi connectivity index (χ0) is 22.7. The van der Waals surface area contributed by atoms with Crippen molar-refractivity contribution in [2.24, 2.45) is 11.3 Å². The number of hydrogen-bond acceptors (Lipinski definition) is 6. The van der Waals surface area contributed by atoms with Gasteiger partial charge in [-0.05, 0) is 42.1 Å². The zero-order valence-electron chi connectivity index (χ0n) is 18.6. The van der Waals surface area contributed by atoms with Gasteiger partial charge in [-0.25, -0.2) is 18.2 Å². The number of hydrogen-bond donors (Lipinski definition) is 2. The first kappa shape index (κ1) is 24.1. The van der Waals surface area contributed by atoms with Crippen LogP contribution in [0.15, 0.2) is 17.2 Å².